The molecule has 1 aliphatic carbocycles. The Morgan fingerprint density at radius 3 is 2.53 bits per heavy atom. The van der Waals surface area contributed by atoms with Crippen molar-refractivity contribution in [1.29, 1.82) is 0 Å². The van der Waals surface area contributed by atoms with Crippen molar-refractivity contribution in [2.24, 2.45) is 5.92 Å². The summed E-state index contributed by atoms with van der Waals surface area (Å²) in [6, 6.07) is 7.12. The van der Waals surface area contributed by atoms with E-state index in [0.29, 0.717) is 11.8 Å². The van der Waals surface area contributed by atoms with Crippen LogP contribution in [0.1, 0.15) is 43.6 Å². The van der Waals surface area contributed by atoms with E-state index < -0.39 is 0 Å². The zero-order chi connectivity index (χ0) is 12.1. The topological polar surface area (TPSA) is 12.0 Å². The second-order valence-electron chi connectivity index (χ2n) is 5.11. The predicted molar refractivity (Wildman–Crippen MR) is 69.6 cm³/mol. The molecule has 1 fully saturated rings. The molecule has 0 saturated heterocycles. The highest BCUT2D eigenvalue weighted by Gasteiger charge is 2.24. The number of halogens is 1. The van der Waals surface area contributed by atoms with Gasteiger partial charge in [-0.15, -0.1) is 0 Å². The summed E-state index contributed by atoms with van der Waals surface area (Å²) in [6.45, 7) is 1.07. The highest BCUT2D eigenvalue weighted by Crippen LogP contribution is 2.36. The summed E-state index contributed by atoms with van der Waals surface area (Å²) in [4.78, 5) is 0. The predicted octanol–water partition coefficient (Wildman–Crippen LogP) is 3.71. The summed E-state index contributed by atoms with van der Waals surface area (Å²) in [5, 5.41) is 3.30. The summed E-state index contributed by atoms with van der Waals surface area (Å²) in [5.41, 5.74) is 1.31. The van der Waals surface area contributed by atoms with E-state index in [-0.39, 0.29) is 5.82 Å². The van der Waals surface area contributed by atoms with E-state index in [1.54, 1.807) is 12.1 Å². The summed E-state index contributed by atoms with van der Waals surface area (Å²) in [6.07, 6.45) is 6.53. The van der Waals surface area contributed by atoms with E-state index in [2.05, 4.69) is 5.32 Å². The second-order valence-corrected chi connectivity index (χ2v) is 5.11. The van der Waals surface area contributed by atoms with Crippen LogP contribution >= 0.6 is 0 Å². The number of nitrogens with one attached hydrogen (secondary N) is 1. The van der Waals surface area contributed by atoms with E-state index >= 15 is 0 Å². The van der Waals surface area contributed by atoms with Crippen LogP contribution in [0.25, 0.3) is 0 Å². The van der Waals surface area contributed by atoms with Gasteiger partial charge in [0.2, 0.25) is 0 Å². The van der Waals surface area contributed by atoms with Crippen molar-refractivity contribution in [2.45, 2.75) is 38.0 Å². The average molecular weight is 235 g/mol. The smallest absolute Gasteiger partial charge is 0.123 e. The maximum atomic E-state index is 13.0. The molecule has 2 unspecified atom stereocenters. The SMILES string of the molecule is CNCC1CCCCCC1c1ccc(F)cc1. The van der Waals surface area contributed by atoms with Crippen LogP contribution in [0.2, 0.25) is 0 Å². The third-order valence-electron chi connectivity index (χ3n) is 3.92. The molecular formula is C15H22FN. The molecular weight excluding hydrogens is 213 g/mol. The summed E-state index contributed by atoms with van der Waals surface area (Å²) >= 11 is 0. The molecule has 1 nitrogen and oxygen atoms in total. The zero-order valence-corrected chi connectivity index (χ0v) is 10.6. The maximum absolute atomic E-state index is 13.0. The van der Waals surface area contributed by atoms with Crippen LogP contribution in [-0.4, -0.2) is 13.6 Å². The Morgan fingerprint density at radius 2 is 1.82 bits per heavy atom. The lowest BCUT2D eigenvalue weighted by Gasteiger charge is -2.25. The van der Waals surface area contributed by atoms with Crippen LogP contribution in [0.4, 0.5) is 4.39 Å². The van der Waals surface area contributed by atoms with Gasteiger partial charge in [0, 0.05) is 0 Å². The fraction of sp³-hybridized carbons (Fsp3) is 0.600. The first-order valence-corrected chi connectivity index (χ1v) is 6.71. The average Bonchev–Trinajstić information content (AvgIpc) is 2.56. The monoisotopic (exact) mass is 235 g/mol. The molecule has 1 aromatic rings. The molecule has 0 heterocycles. The van der Waals surface area contributed by atoms with Crippen molar-refractivity contribution in [3.8, 4) is 0 Å². The maximum Gasteiger partial charge on any atom is 0.123 e. The van der Waals surface area contributed by atoms with Crippen LogP contribution in [0.15, 0.2) is 24.3 Å². The minimum atomic E-state index is -0.132. The fourth-order valence-electron chi connectivity index (χ4n) is 3.04. The number of rotatable bonds is 3. The van der Waals surface area contributed by atoms with Crippen LogP contribution < -0.4 is 5.32 Å². The number of benzene rings is 1. The van der Waals surface area contributed by atoms with Gasteiger partial charge >= 0.3 is 0 Å². The van der Waals surface area contributed by atoms with Crippen LogP contribution in [0.3, 0.4) is 0 Å². The summed E-state index contributed by atoms with van der Waals surface area (Å²) in [5.74, 6) is 1.17. The van der Waals surface area contributed by atoms with Gasteiger partial charge in [-0.05, 0) is 56.0 Å². The quantitative estimate of drug-likeness (QED) is 0.788. The lowest BCUT2D eigenvalue weighted by Crippen LogP contribution is -2.24. The largest absolute Gasteiger partial charge is 0.319 e. The molecule has 94 valence electrons. The molecule has 0 spiro atoms. The van der Waals surface area contributed by atoms with Crippen LogP contribution in [0, 0.1) is 11.7 Å². The van der Waals surface area contributed by atoms with Crippen molar-refractivity contribution < 1.29 is 4.39 Å². The number of hydrogen-bond acceptors (Lipinski definition) is 1. The van der Waals surface area contributed by atoms with Gasteiger partial charge in [0.25, 0.3) is 0 Å². The van der Waals surface area contributed by atoms with Crippen LogP contribution in [0.5, 0.6) is 0 Å². The van der Waals surface area contributed by atoms with Crippen molar-refractivity contribution in [3.63, 3.8) is 0 Å². The molecule has 1 N–H and O–H groups in total. The van der Waals surface area contributed by atoms with Gasteiger partial charge in [-0.3, -0.25) is 0 Å². The summed E-state index contributed by atoms with van der Waals surface area (Å²) < 4.78 is 13.0. The van der Waals surface area contributed by atoms with Crippen molar-refractivity contribution in [2.75, 3.05) is 13.6 Å². The highest BCUT2D eigenvalue weighted by atomic mass is 19.1. The molecule has 2 atom stereocenters. The lowest BCUT2D eigenvalue weighted by molar-refractivity contribution is 0.386. The van der Waals surface area contributed by atoms with E-state index in [4.69, 9.17) is 0 Å². The molecule has 2 rings (SSSR count). The third-order valence-corrected chi connectivity index (χ3v) is 3.92. The minimum Gasteiger partial charge on any atom is -0.319 e. The first-order chi connectivity index (χ1) is 8.31. The zero-order valence-electron chi connectivity index (χ0n) is 10.6. The van der Waals surface area contributed by atoms with Crippen molar-refractivity contribution in [3.05, 3.63) is 35.6 Å². The Labute approximate surface area is 103 Å². The Hall–Kier alpha value is -0.890. The molecule has 0 amide bonds. The van der Waals surface area contributed by atoms with E-state index in [1.165, 1.54) is 37.7 Å². The van der Waals surface area contributed by atoms with E-state index in [0.717, 1.165) is 6.54 Å². The van der Waals surface area contributed by atoms with Gasteiger partial charge in [-0.25, -0.2) is 4.39 Å². The van der Waals surface area contributed by atoms with Gasteiger partial charge in [0.1, 0.15) is 5.82 Å². The minimum absolute atomic E-state index is 0.132. The van der Waals surface area contributed by atoms with E-state index in [1.807, 2.05) is 19.2 Å². The molecule has 1 aliphatic rings. The molecule has 1 aromatic carbocycles. The van der Waals surface area contributed by atoms with Gasteiger partial charge in [0.15, 0.2) is 0 Å². The third kappa shape index (κ3) is 3.29. The summed E-state index contributed by atoms with van der Waals surface area (Å²) in [7, 11) is 2.02. The van der Waals surface area contributed by atoms with Crippen molar-refractivity contribution >= 4 is 0 Å². The Balaban J connectivity index is 2.16. The normalized spacial score (nSPS) is 25.5. The van der Waals surface area contributed by atoms with Gasteiger partial charge in [-0.1, -0.05) is 31.4 Å². The first kappa shape index (κ1) is 12.6. The number of hydrogen-bond donors (Lipinski definition) is 1. The second kappa shape index (κ2) is 6.15. The van der Waals surface area contributed by atoms with Gasteiger partial charge < -0.3 is 5.32 Å². The van der Waals surface area contributed by atoms with Crippen molar-refractivity contribution in [1.82, 2.24) is 5.32 Å². The van der Waals surface area contributed by atoms with E-state index in [9.17, 15) is 4.39 Å². The fourth-order valence-corrected chi connectivity index (χ4v) is 3.04. The molecule has 0 bridgehead atoms. The Bertz CT molecular complexity index is 333. The van der Waals surface area contributed by atoms with Crippen LogP contribution in [-0.2, 0) is 0 Å². The molecule has 0 aromatic heterocycles. The highest BCUT2D eigenvalue weighted by molar-refractivity contribution is 5.21. The molecule has 0 radical (unpaired) electrons. The standard InChI is InChI=1S/C15H22FN/c1-17-11-13-5-3-2-4-6-15(13)12-7-9-14(16)10-8-12/h7-10,13,15,17H,2-6,11H2,1H3. The lowest BCUT2D eigenvalue weighted by atomic mass is 9.82. The molecule has 2 heteroatoms. The van der Waals surface area contributed by atoms with Gasteiger partial charge in [0.05, 0.1) is 0 Å². The first-order valence-electron chi connectivity index (χ1n) is 6.71. The van der Waals surface area contributed by atoms with Gasteiger partial charge in [-0.2, -0.15) is 0 Å². The Kier molecular flexibility index (Phi) is 4.55. The Morgan fingerprint density at radius 1 is 1.12 bits per heavy atom. The molecule has 17 heavy (non-hydrogen) atoms. The molecule has 1 saturated carbocycles. The molecule has 0 aliphatic heterocycles.